The molecule has 1 aromatic heterocycles. The van der Waals surface area contributed by atoms with E-state index in [1.54, 1.807) is 0 Å². The number of aromatic nitrogens is 2. The summed E-state index contributed by atoms with van der Waals surface area (Å²) in [6.45, 7) is 3.94. The van der Waals surface area contributed by atoms with Crippen molar-refractivity contribution in [2.24, 2.45) is 7.05 Å². The average molecular weight is 423 g/mol. The number of rotatable bonds is 6. The van der Waals surface area contributed by atoms with E-state index in [9.17, 15) is 4.55 Å². The monoisotopic (exact) mass is 422 g/mol. The molecule has 0 amide bonds. The van der Waals surface area contributed by atoms with Gasteiger partial charge in [-0.3, -0.25) is 4.68 Å². The molecule has 0 radical (unpaired) electrons. The Bertz CT molecular complexity index is 1140. The number of nitrogens with zero attached hydrogens (tertiary/aromatic N) is 2. The highest BCUT2D eigenvalue weighted by molar-refractivity contribution is 7.98. The third-order valence-corrected chi connectivity index (χ3v) is 7.16. The summed E-state index contributed by atoms with van der Waals surface area (Å²) in [5.74, 6) is 0.895. The summed E-state index contributed by atoms with van der Waals surface area (Å²) >= 11 is 0.759. The van der Waals surface area contributed by atoms with Crippen LogP contribution in [0.15, 0.2) is 76.5 Å². The van der Waals surface area contributed by atoms with Gasteiger partial charge in [-0.25, -0.2) is 0 Å². The summed E-state index contributed by atoms with van der Waals surface area (Å²) in [6, 6.07) is 23.2. The van der Waals surface area contributed by atoms with Crippen molar-refractivity contribution in [2.75, 3.05) is 4.72 Å². The molecule has 0 bridgehead atoms. The van der Waals surface area contributed by atoms with Gasteiger partial charge in [-0.15, -0.1) is 11.8 Å². The number of thioether (sulfide) groups is 1. The van der Waals surface area contributed by atoms with Crippen LogP contribution in [0, 0.1) is 13.8 Å². The van der Waals surface area contributed by atoms with E-state index < -0.39 is 11.4 Å². The van der Waals surface area contributed by atoms with Gasteiger partial charge in [-0.1, -0.05) is 42.5 Å². The standard InChI is InChI=1S/C23H24N3OS2/c1-16-23(17(2)26(3)24-16)25-29(27)22-12-8-18(9-13-22)15-28-21-11-10-19-6-4-5-7-20(19)14-21/h4-14,25,27H,15H2,1-3H3/q+1. The van der Waals surface area contributed by atoms with Crippen molar-refractivity contribution >= 4 is 39.6 Å². The zero-order chi connectivity index (χ0) is 20.4. The van der Waals surface area contributed by atoms with Crippen LogP contribution in [0.3, 0.4) is 0 Å². The Hall–Kier alpha value is -2.41. The molecule has 148 valence electrons. The number of hydrogen-bond donors (Lipinski definition) is 2. The molecule has 4 aromatic rings. The predicted molar refractivity (Wildman–Crippen MR) is 125 cm³/mol. The molecule has 0 saturated heterocycles. The maximum Gasteiger partial charge on any atom is 0.303 e. The van der Waals surface area contributed by atoms with Gasteiger partial charge in [0, 0.05) is 17.7 Å². The molecule has 4 rings (SSSR count). The Morgan fingerprint density at radius 1 is 1.00 bits per heavy atom. The molecular formula is C23H24N3OS2+. The van der Waals surface area contributed by atoms with Crippen LogP contribution >= 0.6 is 11.8 Å². The molecule has 0 aliphatic carbocycles. The van der Waals surface area contributed by atoms with E-state index in [2.05, 4.69) is 64.4 Å². The molecule has 0 aliphatic rings. The fourth-order valence-corrected chi connectivity index (χ4v) is 5.12. The van der Waals surface area contributed by atoms with E-state index in [0.29, 0.717) is 0 Å². The van der Waals surface area contributed by atoms with Crippen molar-refractivity contribution in [1.29, 1.82) is 0 Å². The summed E-state index contributed by atoms with van der Waals surface area (Å²) in [4.78, 5) is 2.13. The average Bonchev–Trinajstić information content (AvgIpc) is 2.98. The van der Waals surface area contributed by atoms with Crippen LogP contribution in [0.4, 0.5) is 5.69 Å². The first kappa shape index (κ1) is 19.9. The fraction of sp³-hybridized carbons (Fsp3) is 0.174. The van der Waals surface area contributed by atoms with Crippen LogP contribution in [0.1, 0.15) is 17.0 Å². The van der Waals surface area contributed by atoms with Gasteiger partial charge in [0.1, 0.15) is 5.69 Å². The Morgan fingerprint density at radius 3 is 2.41 bits per heavy atom. The highest BCUT2D eigenvalue weighted by Crippen LogP contribution is 2.27. The zero-order valence-electron chi connectivity index (χ0n) is 16.7. The molecule has 2 N–H and O–H groups in total. The molecular weight excluding hydrogens is 398 g/mol. The molecule has 4 nitrogen and oxygen atoms in total. The predicted octanol–water partition coefficient (Wildman–Crippen LogP) is 5.96. The van der Waals surface area contributed by atoms with E-state index in [1.807, 2.05) is 49.5 Å². The Kier molecular flexibility index (Phi) is 5.85. The van der Waals surface area contributed by atoms with Crippen molar-refractivity contribution in [3.8, 4) is 0 Å². The van der Waals surface area contributed by atoms with Crippen LogP contribution in [-0.4, -0.2) is 14.3 Å². The van der Waals surface area contributed by atoms with Gasteiger partial charge in [-0.2, -0.15) is 14.4 Å². The SMILES string of the molecule is Cc1nn(C)c(C)c1N[S+](O)c1ccc(CSc2ccc3ccccc3c2)cc1. The van der Waals surface area contributed by atoms with E-state index in [4.69, 9.17) is 0 Å². The van der Waals surface area contributed by atoms with Gasteiger partial charge in [0.2, 0.25) is 4.90 Å². The van der Waals surface area contributed by atoms with Crippen molar-refractivity contribution in [3.05, 3.63) is 83.7 Å². The topological polar surface area (TPSA) is 50.1 Å². The smallest absolute Gasteiger partial charge is 0.270 e. The summed E-state index contributed by atoms with van der Waals surface area (Å²) < 4.78 is 15.6. The van der Waals surface area contributed by atoms with Gasteiger partial charge < -0.3 is 0 Å². The molecule has 1 atom stereocenters. The normalized spacial score (nSPS) is 12.3. The zero-order valence-corrected chi connectivity index (χ0v) is 18.3. The minimum atomic E-state index is -1.07. The van der Waals surface area contributed by atoms with Crippen LogP contribution in [0.25, 0.3) is 10.8 Å². The molecule has 29 heavy (non-hydrogen) atoms. The lowest BCUT2D eigenvalue weighted by Gasteiger charge is -2.06. The highest BCUT2D eigenvalue weighted by atomic mass is 32.2. The first-order valence-corrected chi connectivity index (χ1v) is 11.6. The molecule has 3 aromatic carbocycles. The Morgan fingerprint density at radius 2 is 1.72 bits per heavy atom. The van der Waals surface area contributed by atoms with Gasteiger partial charge in [0.05, 0.1) is 11.4 Å². The first-order chi connectivity index (χ1) is 14.0. The lowest BCUT2D eigenvalue weighted by molar-refractivity contribution is 0.644. The summed E-state index contributed by atoms with van der Waals surface area (Å²) in [5.41, 5.74) is 4.03. The van der Waals surface area contributed by atoms with Crippen molar-refractivity contribution in [2.45, 2.75) is 29.4 Å². The van der Waals surface area contributed by atoms with Crippen LogP contribution in [0.5, 0.6) is 0 Å². The number of nitrogens with one attached hydrogen (secondary N) is 1. The third-order valence-electron chi connectivity index (χ3n) is 4.98. The minimum absolute atomic E-state index is 0.868. The van der Waals surface area contributed by atoms with E-state index >= 15 is 0 Å². The second-order valence-electron chi connectivity index (χ2n) is 7.00. The molecule has 0 fully saturated rings. The fourth-order valence-electron chi connectivity index (χ4n) is 3.22. The Labute approximate surface area is 178 Å². The lowest BCUT2D eigenvalue weighted by atomic mass is 10.1. The second kappa shape index (κ2) is 8.53. The van der Waals surface area contributed by atoms with Crippen molar-refractivity contribution < 1.29 is 4.55 Å². The van der Waals surface area contributed by atoms with Gasteiger partial charge in [0.25, 0.3) is 0 Å². The molecule has 0 spiro atoms. The second-order valence-corrected chi connectivity index (χ2v) is 9.29. The summed E-state index contributed by atoms with van der Waals surface area (Å²) in [5, 5.41) is 6.92. The largest absolute Gasteiger partial charge is 0.303 e. The van der Waals surface area contributed by atoms with Gasteiger partial charge >= 0.3 is 11.4 Å². The lowest BCUT2D eigenvalue weighted by Crippen LogP contribution is -2.13. The first-order valence-electron chi connectivity index (χ1n) is 9.42. The quantitative estimate of drug-likeness (QED) is 0.297. The number of fused-ring (bicyclic) bond motifs is 1. The molecule has 0 saturated carbocycles. The van der Waals surface area contributed by atoms with Crippen molar-refractivity contribution in [1.82, 2.24) is 9.78 Å². The Balaban J connectivity index is 1.40. The number of aryl methyl sites for hydroxylation is 2. The van der Waals surface area contributed by atoms with E-state index in [1.165, 1.54) is 21.2 Å². The number of benzene rings is 3. The van der Waals surface area contributed by atoms with Crippen LogP contribution in [-0.2, 0) is 24.2 Å². The van der Waals surface area contributed by atoms with E-state index in [-0.39, 0.29) is 0 Å². The van der Waals surface area contributed by atoms with E-state index in [0.717, 1.165) is 27.7 Å². The number of hydrogen-bond acceptors (Lipinski definition) is 4. The highest BCUT2D eigenvalue weighted by Gasteiger charge is 2.24. The van der Waals surface area contributed by atoms with Gasteiger partial charge in [0.15, 0.2) is 0 Å². The third kappa shape index (κ3) is 4.45. The van der Waals surface area contributed by atoms with Gasteiger partial charge in [-0.05, 0) is 54.4 Å². The summed E-state index contributed by atoms with van der Waals surface area (Å²) in [6.07, 6.45) is 0. The van der Waals surface area contributed by atoms with Crippen LogP contribution in [0.2, 0.25) is 0 Å². The molecule has 0 aliphatic heterocycles. The van der Waals surface area contributed by atoms with Crippen molar-refractivity contribution in [3.63, 3.8) is 0 Å². The number of anilines is 1. The molecule has 1 heterocycles. The summed E-state index contributed by atoms with van der Waals surface area (Å²) in [7, 11) is 1.91. The maximum absolute atomic E-state index is 10.6. The minimum Gasteiger partial charge on any atom is -0.270 e. The molecule has 1 unspecified atom stereocenters. The molecule has 6 heteroatoms. The maximum atomic E-state index is 10.6. The van der Waals surface area contributed by atoms with Crippen LogP contribution < -0.4 is 4.72 Å².